The van der Waals surface area contributed by atoms with E-state index in [9.17, 15) is 14.4 Å². The molecular formula is C13H23NO6. The zero-order valence-electron chi connectivity index (χ0n) is 12.8. The molecule has 7 nitrogen and oxygen atoms in total. The summed E-state index contributed by atoms with van der Waals surface area (Å²) in [5.41, 5.74) is -0.686. The van der Waals surface area contributed by atoms with Gasteiger partial charge in [0.2, 0.25) is 0 Å². The van der Waals surface area contributed by atoms with E-state index in [1.54, 1.807) is 27.7 Å². The summed E-state index contributed by atoms with van der Waals surface area (Å²) in [5, 5.41) is 2.38. The van der Waals surface area contributed by atoms with Crippen LogP contribution in [0.15, 0.2) is 0 Å². The van der Waals surface area contributed by atoms with Crippen LogP contribution in [-0.2, 0) is 23.8 Å². The summed E-state index contributed by atoms with van der Waals surface area (Å²) in [7, 11) is 1.20. The van der Waals surface area contributed by atoms with E-state index in [2.05, 4.69) is 10.1 Å². The van der Waals surface area contributed by atoms with Crippen molar-refractivity contribution in [2.75, 3.05) is 13.7 Å². The minimum atomic E-state index is -1.05. The molecule has 0 aliphatic carbocycles. The molecule has 0 radical (unpaired) electrons. The first-order chi connectivity index (χ1) is 9.06. The second kappa shape index (κ2) is 7.84. The Morgan fingerprint density at radius 3 is 2.15 bits per heavy atom. The monoisotopic (exact) mass is 289 g/mol. The number of Topliss-reactive ketones (excluding diaryl/α,β-unsaturated/α-hetero) is 1. The van der Waals surface area contributed by atoms with Gasteiger partial charge in [0.05, 0.1) is 13.2 Å². The van der Waals surface area contributed by atoms with Crippen LogP contribution in [0.2, 0.25) is 0 Å². The third kappa shape index (κ3) is 7.73. The van der Waals surface area contributed by atoms with Gasteiger partial charge in [0, 0.05) is 0 Å². The standard InChI is InChI=1S/C13H23NO6/c1-8(15)7-19-9(2)10(11(16)18-6)14-12(17)20-13(3,4)5/h9-10H,7H2,1-6H3,(H,14,17). The van der Waals surface area contributed by atoms with E-state index in [0.29, 0.717) is 0 Å². The number of rotatable bonds is 6. The number of amides is 1. The van der Waals surface area contributed by atoms with Gasteiger partial charge in [0.1, 0.15) is 12.2 Å². The lowest BCUT2D eigenvalue weighted by Crippen LogP contribution is -2.50. The van der Waals surface area contributed by atoms with E-state index in [0.717, 1.165) is 0 Å². The van der Waals surface area contributed by atoms with Gasteiger partial charge in [-0.15, -0.1) is 0 Å². The Hall–Kier alpha value is -1.63. The van der Waals surface area contributed by atoms with E-state index < -0.39 is 29.8 Å². The molecule has 0 fully saturated rings. The SMILES string of the molecule is COC(=O)C(NC(=O)OC(C)(C)C)C(C)OCC(C)=O. The molecule has 0 bridgehead atoms. The molecule has 0 aliphatic rings. The summed E-state index contributed by atoms with van der Waals surface area (Å²) < 4.78 is 14.9. The minimum absolute atomic E-state index is 0.148. The van der Waals surface area contributed by atoms with Gasteiger partial charge in [-0.25, -0.2) is 9.59 Å². The molecule has 0 saturated carbocycles. The fourth-order valence-corrected chi connectivity index (χ4v) is 1.27. The van der Waals surface area contributed by atoms with Gasteiger partial charge in [-0.1, -0.05) is 0 Å². The Bertz CT molecular complexity index is 360. The van der Waals surface area contributed by atoms with Crippen LogP contribution < -0.4 is 5.32 Å². The quantitative estimate of drug-likeness (QED) is 0.735. The molecular weight excluding hydrogens is 266 g/mol. The lowest BCUT2D eigenvalue weighted by atomic mass is 10.2. The molecule has 116 valence electrons. The number of alkyl carbamates (subject to hydrolysis) is 1. The van der Waals surface area contributed by atoms with Crippen LogP contribution in [0, 0.1) is 0 Å². The Labute approximate surface area is 118 Å². The molecule has 0 spiro atoms. The molecule has 0 aliphatic heterocycles. The number of ketones is 1. The minimum Gasteiger partial charge on any atom is -0.467 e. The zero-order chi connectivity index (χ0) is 15.9. The van der Waals surface area contributed by atoms with Gasteiger partial charge in [-0.3, -0.25) is 4.79 Å². The lowest BCUT2D eigenvalue weighted by molar-refractivity contribution is -0.148. The second-order valence-corrected chi connectivity index (χ2v) is 5.37. The van der Waals surface area contributed by atoms with Crippen LogP contribution >= 0.6 is 0 Å². The first kappa shape index (κ1) is 18.4. The summed E-state index contributed by atoms with van der Waals surface area (Å²) in [6.45, 7) is 7.88. The molecule has 0 saturated heterocycles. The summed E-state index contributed by atoms with van der Waals surface area (Å²) in [6.07, 6.45) is -1.48. The largest absolute Gasteiger partial charge is 0.467 e. The van der Waals surface area contributed by atoms with Crippen molar-refractivity contribution in [1.29, 1.82) is 0 Å². The number of carbonyl (C=O) groups excluding carboxylic acids is 3. The van der Waals surface area contributed by atoms with Crippen molar-refractivity contribution in [3.8, 4) is 0 Å². The topological polar surface area (TPSA) is 90.9 Å². The molecule has 7 heteroatoms. The van der Waals surface area contributed by atoms with Gasteiger partial charge in [-0.05, 0) is 34.6 Å². The van der Waals surface area contributed by atoms with E-state index in [-0.39, 0.29) is 12.4 Å². The second-order valence-electron chi connectivity index (χ2n) is 5.37. The maximum atomic E-state index is 11.7. The highest BCUT2D eigenvalue weighted by atomic mass is 16.6. The average molecular weight is 289 g/mol. The number of carbonyl (C=O) groups is 3. The highest BCUT2D eigenvalue weighted by molar-refractivity contribution is 5.82. The predicted octanol–water partition coefficient (Wildman–Crippen LogP) is 1.05. The summed E-state index contributed by atoms with van der Waals surface area (Å²) in [6, 6.07) is -1.05. The highest BCUT2D eigenvalue weighted by Crippen LogP contribution is 2.08. The fourth-order valence-electron chi connectivity index (χ4n) is 1.27. The number of nitrogens with one attached hydrogen (secondary N) is 1. The lowest BCUT2D eigenvalue weighted by Gasteiger charge is -2.25. The van der Waals surface area contributed by atoms with Gasteiger partial charge in [-0.2, -0.15) is 0 Å². The molecule has 2 atom stereocenters. The van der Waals surface area contributed by atoms with Crippen molar-refractivity contribution < 1.29 is 28.6 Å². The van der Waals surface area contributed by atoms with Crippen molar-refractivity contribution in [2.24, 2.45) is 0 Å². The zero-order valence-corrected chi connectivity index (χ0v) is 12.8. The van der Waals surface area contributed by atoms with Crippen LogP contribution in [0.3, 0.4) is 0 Å². The van der Waals surface area contributed by atoms with Crippen LogP contribution in [0.5, 0.6) is 0 Å². The smallest absolute Gasteiger partial charge is 0.408 e. The molecule has 2 unspecified atom stereocenters. The molecule has 0 aromatic carbocycles. The summed E-state index contributed by atoms with van der Waals surface area (Å²) >= 11 is 0. The number of esters is 1. The average Bonchev–Trinajstić information content (AvgIpc) is 2.29. The van der Waals surface area contributed by atoms with Crippen molar-refractivity contribution in [2.45, 2.75) is 52.4 Å². The fraction of sp³-hybridized carbons (Fsp3) is 0.769. The van der Waals surface area contributed by atoms with Gasteiger partial charge in [0.25, 0.3) is 0 Å². The molecule has 20 heavy (non-hydrogen) atoms. The van der Waals surface area contributed by atoms with Gasteiger partial charge < -0.3 is 19.5 Å². The first-order valence-electron chi connectivity index (χ1n) is 6.25. The molecule has 0 aromatic heterocycles. The van der Waals surface area contributed by atoms with Crippen LogP contribution in [-0.4, -0.2) is 49.3 Å². The van der Waals surface area contributed by atoms with Crippen LogP contribution in [0.4, 0.5) is 4.79 Å². The Morgan fingerprint density at radius 2 is 1.75 bits per heavy atom. The van der Waals surface area contributed by atoms with Crippen molar-refractivity contribution >= 4 is 17.8 Å². The maximum Gasteiger partial charge on any atom is 0.408 e. The third-order valence-corrected chi connectivity index (χ3v) is 2.15. The van der Waals surface area contributed by atoms with Gasteiger partial charge in [0.15, 0.2) is 11.8 Å². The first-order valence-corrected chi connectivity index (χ1v) is 6.25. The number of ether oxygens (including phenoxy) is 3. The van der Waals surface area contributed by atoms with Crippen molar-refractivity contribution in [3.05, 3.63) is 0 Å². The molecule has 0 aromatic rings. The molecule has 1 amide bonds. The van der Waals surface area contributed by atoms with E-state index >= 15 is 0 Å². The van der Waals surface area contributed by atoms with E-state index in [1.165, 1.54) is 14.0 Å². The van der Waals surface area contributed by atoms with Crippen molar-refractivity contribution in [3.63, 3.8) is 0 Å². The van der Waals surface area contributed by atoms with E-state index in [4.69, 9.17) is 9.47 Å². The number of hydrogen-bond acceptors (Lipinski definition) is 6. The summed E-state index contributed by atoms with van der Waals surface area (Å²) in [4.78, 5) is 34.2. The molecule has 1 N–H and O–H groups in total. The number of hydrogen-bond donors (Lipinski definition) is 1. The highest BCUT2D eigenvalue weighted by Gasteiger charge is 2.30. The number of methoxy groups -OCH3 is 1. The Morgan fingerprint density at radius 1 is 1.20 bits per heavy atom. The Kier molecular flexibility index (Phi) is 7.20. The maximum absolute atomic E-state index is 11.7. The van der Waals surface area contributed by atoms with E-state index in [1.807, 2.05) is 0 Å². The van der Waals surface area contributed by atoms with Gasteiger partial charge >= 0.3 is 12.1 Å². The van der Waals surface area contributed by atoms with Crippen LogP contribution in [0.1, 0.15) is 34.6 Å². The molecule has 0 heterocycles. The summed E-state index contributed by atoms with van der Waals surface area (Å²) in [5.74, 6) is -0.857. The van der Waals surface area contributed by atoms with Crippen LogP contribution in [0.25, 0.3) is 0 Å². The Balaban J connectivity index is 4.68. The molecule has 0 rings (SSSR count). The van der Waals surface area contributed by atoms with Crippen molar-refractivity contribution in [1.82, 2.24) is 5.32 Å². The third-order valence-electron chi connectivity index (χ3n) is 2.15. The normalized spacial score (nSPS) is 14.1. The predicted molar refractivity (Wildman–Crippen MR) is 71.3 cm³/mol.